The number of Topliss-reactive ketones (excluding diaryl/α,β-unsaturated/α-hetero) is 1. The van der Waals surface area contributed by atoms with Gasteiger partial charge in [-0.05, 0) is 35.9 Å². The molecule has 2 aliphatic heterocycles. The van der Waals surface area contributed by atoms with E-state index < -0.39 is 36.9 Å². The Morgan fingerprint density at radius 3 is 2.67 bits per heavy atom. The van der Waals surface area contributed by atoms with Crippen LogP contribution in [0.3, 0.4) is 0 Å². The van der Waals surface area contributed by atoms with E-state index in [0.717, 1.165) is 0 Å². The van der Waals surface area contributed by atoms with Crippen molar-refractivity contribution < 1.29 is 43.2 Å². The van der Waals surface area contributed by atoms with Crippen molar-refractivity contribution >= 4 is 29.6 Å². The van der Waals surface area contributed by atoms with E-state index in [2.05, 4.69) is 5.32 Å². The van der Waals surface area contributed by atoms with Gasteiger partial charge in [0.05, 0.1) is 12.0 Å². The summed E-state index contributed by atoms with van der Waals surface area (Å²) in [6.45, 7) is -0.381. The smallest absolute Gasteiger partial charge is 0.326 e. The first-order valence-corrected chi connectivity index (χ1v) is 9.71. The molecule has 2 heterocycles. The molecule has 11 nitrogen and oxygen atoms in total. The van der Waals surface area contributed by atoms with Gasteiger partial charge in [0.25, 0.3) is 5.91 Å². The molecule has 0 fully saturated rings. The third kappa shape index (κ3) is 4.87. The fourth-order valence-electron chi connectivity index (χ4n) is 3.20. The molecule has 4 rings (SSSR count). The first-order valence-electron chi connectivity index (χ1n) is 9.71. The Kier molecular flexibility index (Phi) is 5.85. The molecule has 4 N–H and O–H groups in total. The normalized spacial score (nSPS) is 15.5. The summed E-state index contributed by atoms with van der Waals surface area (Å²) in [4.78, 5) is 46.6. The summed E-state index contributed by atoms with van der Waals surface area (Å²) in [5.41, 5.74) is 5.99. The summed E-state index contributed by atoms with van der Waals surface area (Å²) in [6.07, 6.45) is 1.03. The average molecular weight is 454 g/mol. The minimum atomic E-state index is -1.46. The Morgan fingerprint density at radius 2 is 1.91 bits per heavy atom. The number of aliphatic carboxylic acids is 1. The lowest BCUT2D eigenvalue weighted by atomic mass is 10.1. The van der Waals surface area contributed by atoms with Gasteiger partial charge in [-0.3, -0.25) is 14.4 Å². The van der Waals surface area contributed by atoms with E-state index >= 15 is 0 Å². The van der Waals surface area contributed by atoms with E-state index in [1.165, 1.54) is 18.2 Å². The van der Waals surface area contributed by atoms with E-state index in [1.807, 2.05) is 0 Å². The first kappa shape index (κ1) is 21.7. The molecule has 1 atom stereocenters. The lowest BCUT2D eigenvalue weighted by Crippen LogP contribution is -2.45. The molecule has 0 bridgehead atoms. The van der Waals surface area contributed by atoms with Crippen LogP contribution in [0.2, 0.25) is 0 Å². The molecule has 0 aliphatic carbocycles. The highest BCUT2D eigenvalue weighted by molar-refractivity contribution is 6.14. The number of ether oxygens (including phenoxy) is 4. The molecule has 11 heteroatoms. The number of amides is 2. The molecule has 2 amide bonds. The monoisotopic (exact) mass is 454 g/mol. The third-order valence-corrected chi connectivity index (χ3v) is 4.74. The molecule has 170 valence electrons. The lowest BCUT2D eigenvalue weighted by molar-refractivity contribution is -0.143. The van der Waals surface area contributed by atoms with Crippen LogP contribution in [0.4, 0.5) is 0 Å². The van der Waals surface area contributed by atoms with Crippen LogP contribution in [0.5, 0.6) is 23.0 Å². The van der Waals surface area contributed by atoms with Crippen LogP contribution in [-0.4, -0.2) is 48.1 Å². The predicted molar refractivity (Wildman–Crippen MR) is 111 cm³/mol. The highest BCUT2D eigenvalue weighted by Gasteiger charge is 2.28. The van der Waals surface area contributed by atoms with Crippen molar-refractivity contribution in [3.05, 3.63) is 53.3 Å². The molecule has 0 radical (unpaired) electrons. The Bertz CT molecular complexity index is 1190. The molecule has 33 heavy (non-hydrogen) atoms. The van der Waals surface area contributed by atoms with Crippen molar-refractivity contribution in [1.82, 2.24) is 5.32 Å². The molecule has 0 spiro atoms. The number of carboxylic acids is 1. The molecule has 2 aliphatic rings. The van der Waals surface area contributed by atoms with Gasteiger partial charge in [-0.2, -0.15) is 0 Å². The number of fused-ring (bicyclic) bond motifs is 2. The van der Waals surface area contributed by atoms with E-state index in [4.69, 9.17) is 29.8 Å². The van der Waals surface area contributed by atoms with Gasteiger partial charge in [-0.15, -0.1) is 0 Å². The highest BCUT2D eigenvalue weighted by Crippen LogP contribution is 2.37. The molecular weight excluding hydrogens is 436 g/mol. The van der Waals surface area contributed by atoms with Gasteiger partial charge in [0, 0.05) is 6.07 Å². The van der Waals surface area contributed by atoms with Crippen molar-refractivity contribution in [3.8, 4) is 23.0 Å². The summed E-state index contributed by atoms with van der Waals surface area (Å²) in [5.74, 6) is -1.56. The number of primary amides is 1. The van der Waals surface area contributed by atoms with Gasteiger partial charge in [-0.1, -0.05) is 6.07 Å². The molecule has 0 aromatic heterocycles. The van der Waals surface area contributed by atoms with Crippen LogP contribution in [0.25, 0.3) is 6.08 Å². The first-order chi connectivity index (χ1) is 15.8. The Labute approximate surface area is 186 Å². The fraction of sp³-hybridized carbons (Fsp3) is 0.182. The fourth-order valence-corrected chi connectivity index (χ4v) is 3.20. The largest absolute Gasteiger partial charge is 0.484 e. The third-order valence-electron chi connectivity index (χ3n) is 4.74. The molecule has 0 saturated heterocycles. The van der Waals surface area contributed by atoms with Gasteiger partial charge in [0.15, 0.2) is 23.9 Å². The zero-order chi connectivity index (χ0) is 23.5. The van der Waals surface area contributed by atoms with E-state index in [9.17, 15) is 19.2 Å². The second kappa shape index (κ2) is 8.91. The van der Waals surface area contributed by atoms with Gasteiger partial charge in [0.2, 0.25) is 18.5 Å². The minimum Gasteiger partial charge on any atom is -0.484 e. The SMILES string of the molecule is NC(=O)C[C@@H](NC(=O)COc1ccc2c(c1)OC(=Cc1ccc3c(c1)OCO3)C2=O)C(=O)O. The van der Waals surface area contributed by atoms with Crippen molar-refractivity contribution in [1.29, 1.82) is 0 Å². The predicted octanol–water partition coefficient (Wildman–Crippen LogP) is 0.855. The van der Waals surface area contributed by atoms with Crippen LogP contribution in [0.1, 0.15) is 22.3 Å². The summed E-state index contributed by atoms with van der Waals surface area (Å²) in [5, 5.41) is 11.2. The number of carbonyl (C=O) groups is 4. The van der Waals surface area contributed by atoms with E-state index in [1.54, 1.807) is 24.3 Å². The van der Waals surface area contributed by atoms with E-state index in [0.29, 0.717) is 22.6 Å². The van der Waals surface area contributed by atoms with Crippen molar-refractivity contribution in [2.45, 2.75) is 12.5 Å². The second-order valence-electron chi connectivity index (χ2n) is 7.13. The molecule has 2 aromatic carbocycles. The number of benzene rings is 2. The number of nitrogens with one attached hydrogen (secondary N) is 1. The summed E-state index contributed by atoms with van der Waals surface area (Å²) in [7, 11) is 0. The van der Waals surface area contributed by atoms with Crippen molar-refractivity contribution in [2.24, 2.45) is 5.73 Å². The highest BCUT2D eigenvalue weighted by atomic mass is 16.7. The maximum Gasteiger partial charge on any atom is 0.326 e. The zero-order valence-corrected chi connectivity index (χ0v) is 17.0. The van der Waals surface area contributed by atoms with Gasteiger partial charge in [0.1, 0.15) is 17.5 Å². The second-order valence-corrected chi connectivity index (χ2v) is 7.13. The topological polar surface area (TPSA) is 163 Å². The number of allylic oxidation sites excluding steroid dienone is 1. The van der Waals surface area contributed by atoms with Crippen LogP contribution in [-0.2, 0) is 14.4 Å². The van der Waals surface area contributed by atoms with Crippen LogP contribution in [0.15, 0.2) is 42.2 Å². The van der Waals surface area contributed by atoms with Gasteiger partial charge in [-0.25, -0.2) is 4.79 Å². The number of rotatable bonds is 8. The molecule has 2 aromatic rings. The number of nitrogens with two attached hydrogens (primary N) is 1. The van der Waals surface area contributed by atoms with Crippen LogP contribution in [0, 0.1) is 0 Å². The lowest BCUT2D eigenvalue weighted by Gasteiger charge is -2.13. The van der Waals surface area contributed by atoms with Gasteiger partial charge >= 0.3 is 5.97 Å². The number of hydrogen-bond donors (Lipinski definition) is 3. The summed E-state index contributed by atoms with van der Waals surface area (Å²) < 4.78 is 21.6. The molecular formula is C22H18N2O9. The maximum absolute atomic E-state index is 12.6. The minimum absolute atomic E-state index is 0.106. The Balaban J connectivity index is 1.40. The zero-order valence-electron chi connectivity index (χ0n) is 17.0. The summed E-state index contributed by atoms with van der Waals surface area (Å²) >= 11 is 0. The number of carbonyl (C=O) groups excluding carboxylic acids is 3. The standard InChI is InChI=1S/C22H18N2O9/c23-19(25)8-14(22(28)29)24-20(26)9-30-12-2-3-13-16(7-12)33-18(21(13)27)6-11-1-4-15-17(5-11)32-10-31-15/h1-7,14H,8-10H2,(H2,23,25)(H,24,26)(H,28,29)/t14-/m1/s1. The maximum atomic E-state index is 12.6. The Hall–Kier alpha value is -4.54. The number of carboxylic acid groups (broad SMARTS) is 1. The molecule has 0 saturated carbocycles. The van der Waals surface area contributed by atoms with E-state index in [-0.39, 0.29) is 29.8 Å². The summed E-state index contributed by atoms with van der Waals surface area (Å²) in [6, 6.07) is 8.19. The van der Waals surface area contributed by atoms with Crippen LogP contribution >= 0.6 is 0 Å². The average Bonchev–Trinajstić information content (AvgIpc) is 3.35. The number of hydrogen-bond acceptors (Lipinski definition) is 8. The van der Waals surface area contributed by atoms with Crippen molar-refractivity contribution in [3.63, 3.8) is 0 Å². The quantitative estimate of drug-likeness (QED) is 0.491. The molecule has 0 unspecified atom stereocenters. The Morgan fingerprint density at radius 1 is 1.12 bits per heavy atom. The van der Waals surface area contributed by atoms with Crippen LogP contribution < -0.4 is 30.0 Å². The van der Waals surface area contributed by atoms with Crippen molar-refractivity contribution in [2.75, 3.05) is 13.4 Å². The van der Waals surface area contributed by atoms with Gasteiger partial charge < -0.3 is 35.1 Å². The number of ketones is 1.